The number of hydrogen-bond donors (Lipinski definition) is 0. The van der Waals surface area contributed by atoms with E-state index in [4.69, 9.17) is 9.47 Å². The molecular weight excluding hydrogens is 372 g/mol. The third kappa shape index (κ3) is 2.84. The van der Waals surface area contributed by atoms with E-state index in [2.05, 4.69) is 23.7 Å². The van der Waals surface area contributed by atoms with Crippen molar-refractivity contribution in [2.75, 3.05) is 44.4 Å². The predicted molar refractivity (Wildman–Crippen MR) is 105 cm³/mol. The highest BCUT2D eigenvalue weighted by Crippen LogP contribution is 2.49. The number of likely N-dealkylation sites (tertiary alicyclic amines) is 1. The highest BCUT2D eigenvalue weighted by Gasteiger charge is 2.65. The van der Waals surface area contributed by atoms with Crippen LogP contribution in [0.15, 0.2) is 18.3 Å². The first kappa shape index (κ1) is 18.8. The Morgan fingerprint density at radius 1 is 1.24 bits per heavy atom. The Morgan fingerprint density at radius 2 is 2.03 bits per heavy atom. The maximum atomic E-state index is 13.3. The van der Waals surface area contributed by atoms with E-state index in [0.29, 0.717) is 50.7 Å². The molecule has 2 amide bonds. The second kappa shape index (κ2) is 6.95. The second-order valence-corrected chi connectivity index (χ2v) is 8.70. The number of anilines is 1. The lowest BCUT2D eigenvalue weighted by molar-refractivity contribution is -0.139. The third-order valence-corrected chi connectivity index (χ3v) is 6.85. The number of carbonyl (C=O) groups is 2. The lowest BCUT2D eigenvalue weighted by Crippen LogP contribution is -2.51. The van der Waals surface area contributed by atoms with Gasteiger partial charge in [0, 0.05) is 32.3 Å². The van der Waals surface area contributed by atoms with Crippen LogP contribution < -0.4 is 4.90 Å². The fourth-order valence-corrected chi connectivity index (χ4v) is 5.27. The van der Waals surface area contributed by atoms with Gasteiger partial charge < -0.3 is 24.2 Å². The Hall–Kier alpha value is -2.19. The predicted octanol–water partition coefficient (Wildman–Crippen LogP) is 1.12. The normalized spacial score (nSPS) is 31.6. The average Bonchev–Trinajstić information content (AvgIpc) is 3.37. The van der Waals surface area contributed by atoms with Crippen molar-refractivity contribution in [1.82, 2.24) is 14.8 Å². The summed E-state index contributed by atoms with van der Waals surface area (Å²) in [5, 5.41) is 0. The van der Waals surface area contributed by atoms with Crippen LogP contribution in [0.25, 0.3) is 0 Å². The van der Waals surface area contributed by atoms with Crippen molar-refractivity contribution in [2.24, 2.45) is 5.92 Å². The Bertz CT molecular complexity index is 807. The largest absolute Gasteiger partial charge is 0.378 e. The van der Waals surface area contributed by atoms with E-state index in [1.165, 1.54) is 0 Å². The molecule has 4 aliphatic rings. The van der Waals surface area contributed by atoms with Crippen molar-refractivity contribution in [2.45, 2.75) is 44.5 Å². The van der Waals surface area contributed by atoms with Gasteiger partial charge in [0.25, 0.3) is 5.91 Å². The molecule has 29 heavy (non-hydrogen) atoms. The van der Waals surface area contributed by atoms with Crippen molar-refractivity contribution >= 4 is 17.6 Å². The number of hydrogen-bond acceptors (Lipinski definition) is 6. The standard InChI is InChI=1S/C21H28N4O4/c1-14(2)16-13-29-21-5-6-24(17(21)11-19(26)25(16)21)20(27)15-3-4-18(22-12-15)23-7-9-28-10-8-23/h3-4,12,14,16-17H,5-11,13H2,1-2H3/t16-,17+,21-/m0/s1. The molecule has 3 atom stereocenters. The van der Waals surface area contributed by atoms with E-state index in [0.717, 1.165) is 18.9 Å². The Morgan fingerprint density at radius 3 is 2.72 bits per heavy atom. The fraction of sp³-hybridized carbons (Fsp3) is 0.667. The first-order valence-electron chi connectivity index (χ1n) is 10.6. The molecule has 156 valence electrons. The SMILES string of the molecule is CC(C)[C@@H]1CO[C@@]23CCN(C(=O)c4ccc(N5CCOCC5)nc4)[C@@H]2CC(=O)N13. The van der Waals surface area contributed by atoms with Crippen LogP contribution in [0.5, 0.6) is 0 Å². The molecular formula is C21H28N4O4. The van der Waals surface area contributed by atoms with Gasteiger partial charge >= 0.3 is 0 Å². The summed E-state index contributed by atoms with van der Waals surface area (Å²) in [5.74, 6) is 1.23. The molecule has 0 bridgehead atoms. The molecule has 0 unspecified atom stereocenters. The number of nitrogens with zero attached hydrogens (tertiary/aromatic N) is 4. The number of morpholine rings is 1. The zero-order chi connectivity index (χ0) is 20.2. The van der Waals surface area contributed by atoms with Gasteiger partial charge in [-0.2, -0.15) is 0 Å². The molecule has 4 fully saturated rings. The van der Waals surface area contributed by atoms with Gasteiger partial charge in [-0.15, -0.1) is 0 Å². The minimum atomic E-state index is -0.636. The topological polar surface area (TPSA) is 75.2 Å². The number of carbonyl (C=O) groups excluding carboxylic acids is 2. The van der Waals surface area contributed by atoms with Gasteiger partial charge in [0.05, 0.1) is 43.9 Å². The summed E-state index contributed by atoms with van der Waals surface area (Å²) < 4.78 is 11.6. The van der Waals surface area contributed by atoms with Crippen molar-refractivity contribution in [3.05, 3.63) is 23.9 Å². The summed E-state index contributed by atoms with van der Waals surface area (Å²) in [5.41, 5.74) is -0.0774. The number of aromatic nitrogens is 1. The summed E-state index contributed by atoms with van der Waals surface area (Å²) in [6.45, 7) is 8.40. The smallest absolute Gasteiger partial charge is 0.255 e. The Kier molecular flexibility index (Phi) is 4.51. The molecule has 8 nitrogen and oxygen atoms in total. The van der Waals surface area contributed by atoms with E-state index < -0.39 is 5.72 Å². The summed E-state index contributed by atoms with van der Waals surface area (Å²) in [4.78, 5) is 36.5. The van der Waals surface area contributed by atoms with Crippen molar-refractivity contribution in [3.8, 4) is 0 Å². The molecule has 1 spiro atoms. The third-order valence-electron chi connectivity index (χ3n) is 6.85. The Labute approximate surface area is 170 Å². The van der Waals surface area contributed by atoms with Crippen LogP contribution in [0.4, 0.5) is 5.82 Å². The van der Waals surface area contributed by atoms with E-state index in [1.807, 2.05) is 21.9 Å². The van der Waals surface area contributed by atoms with Gasteiger partial charge in [-0.3, -0.25) is 9.59 Å². The molecule has 1 aromatic heterocycles. The van der Waals surface area contributed by atoms with Crippen molar-refractivity contribution in [3.63, 3.8) is 0 Å². The summed E-state index contributed by atoms with van der Waals surface area (Å²) in [6.07, 6.45) is 2.67. The van der Waals surface area contributed by atoms with Gasteiger partial charge in [0.1, 0.15) is 5.82 Å². The van der Waals surface area contributed by atoms with Gasteiger partial charge in [-0.1, -0.05) is 13.8 Å². The average molecular weight is 400 g/mol. The van der Waals surface area contributed by atoms with E-state index in [1.54, 1.807) is 6.20 Å². The second-order valence-electron chi connectivity index (χ2n) is 8.70. The number of rotatable bonds is 3. The van der Waals surface area contributed by atoms with Crippen LogP contribution in [-0.4, -0.2) is 83.9 Å². The minimum Gasteiger partial charge on any atom is -0.378 e. The summed E-state index contributed by atoms with van der Waals surface area (Å²) >= 11 is 0. The lowest BCUT2D eigenvalue weighted by atomic mass is 10.0. The minimum absolute atomic E-state index is 0.0702. The molecule has 4 aliphatic heterocycles. The molecule has 0 aromatic carbocycles. The fourth-order valence-electron chi connectivity index (χ4n) is 5.27. The summed E-state index contributed by atoms with van der Waals surface area (Å²) in [7, 11) is 0. The van der Waals surface area contributed by atoms with E-state index in [9.17, 15) is 9.59 Å². The molecule has 5 heterocycles. The van der Waals surface area contributed by atoms with Gasteiger partial charge in [-0.05, 0) is 18.1 Å². The highest BCUT2D eigenvalue weighted by molar-refractivity contribution is 5.95. The van der Waals surface area contributed by atoms with Gasteiger partial charge in [0.2, 0.25) is 5.91 Å². The number of amides is 2. The molecule has 0 aliphatic carbocycles. The van der Waals surface area contributed by atoms with Crippen LogP contribution >= 0.6 is 0 Å². The van der Waals surface area contributed by atoms with Crippen LogP contribution in [0.3, 0.4) is 0 Å². The highest BCUT2D eigenvalue weighted by atomic mass is 16.5. The summed E-state index contributed by atoms with van der Waals surface area (Å²) in [6, 6.07) is 3.62. The number of pyridine rings is 1. The van der Waals surface area contributed by atoms with Crippen LogP contribution in [0.1, 0.15) is 37.0 Å². The zero-order valence-corrected chi connectivity index (χ0v) is 17.0. The molecule has 8 heteroatoms. The quantitative estimate of drug-likeness (QED) is 0.757. The molecule has 1 aromatic rings. The first-order valence-corrected chi connectivity index (χ1v) is 10.6. The first-order chi connectivity index (χ1) is 14.0. The van der Waals surface area contributed by atoms with Crippen molar-refractivity contribution < 1.29 is 19.1 Å². The van der Waals surface area contributed by atoms with Crippen LogP contribution in [-0.2, 0) is 14.3 Å². The zero-order valence-electron chi connectivity index (χ0n) is 17.0. The van der Waals surface area contributed by atoms with E-state index >= 15 is 0 Å². The maximum Gasteiger partial charge on any atom is 0.255 e. The van der Waals surface area contributed by atoms with Crippen molar-refractivity contribution in [1.29, 1.82) is 0 Å². The van der Waals surface area contributed by atoms with E-state index in [-0.39, 0.29) is 23.9 Å². The maximum absolute atomic E-state index is 13.3. The van der Waals surface area contributed by atoms with Crippen LogP contribution in [0.2, 0.25) is 0 Å². The van der Waals surface area contributed by atoms with Crippen LogP contribution in [0, 0.1) is 5.92 Å². The van der Waals surface area contributed by atoms with Gasteiger partial charge in [0.15, 0.2) is 5.72 Å². The van der Waals surface area contributed by atoms with Gasteiger partial charge in [-0.25, -0.2) is 4.98 Å². The molecule has 4 saturated heterocycles. The molecule has 5 rings (SSSR count). The molecule has 0 saturated carbocycles. The monoisotopic (exact) mass is 400 g/mol. The Balaban J connectivity index is 1.35. The lowest BCUT2D eigenvalue weighted by Gasteiger charge is -2.34. The molecule has 0 radical (unpaired) electrons. The number of ether oxygens (including phenoxy) is 2. The molecule has 0 N–H and O–H groups in total.